The van der Waals surface area contributed by atoms with Gasteiger partial charge in [-0.1, -0.05) is 41.9 Å². The summed E-state index contributed by atoms with van der Waals surface area (Å²) in [7, 11) is 0. The third kappa shape index (κ3) is 4.47. The summed E-state index contributed by atoms with van der Waals surface area (Å²) in [6.07, 6.45) is -1.01. The van der Waals surface area contributed by atoms with E-state index in [0.717, 1.165) is 5.56 Å². The Hall–Kier alpha value is -2.53. The van der Waals surface area contributed by atoms with Gasteiger partial charge < -0.3 is 15.2 Å². The van der Waals surface area contributed by atoms with Crippen molar-refractivity contribution in [3.63, 3.8) is 0 Å². The van der Waals surface area contributed by atoms with E-state index in [-0.39, 0.29) is 12.2 Å². The van der Waals surface area contributed by atoms with Crippen LogP contribution in [-0.4, -0.2) is 18.0 Å². The Labute approximate surface area is 139 Å². The summed E-state index contributed by atoms with van der Waals surface area (Å²) in [5.74, 6) is -1.05. The lowest BCUT2D eigenvalue weighted by Gasteiger charge is -2.13. The molecule has 0 saturated carbocycles. The van der Waals surface area contributed by atoms with E-state index >= 15 is 0 Å². The molecular formula is C17H16ClNO4. The van der Waals surface area contributed by atoms with E-state index in [2.05, 4.69) is 0 Å². The zero-order chi connectivity index (χ0) is 16.8. The standard InChI is InChI=1S/C17H16ClNO4/c1-11(16(19)20)23-17(21)13-7-3-5-9-15(13)22-10-12-6-2-4-8-14(12)18/h2-9,11H,10H2,1H3,(H2,19,20). The molecule has 6 heteroatoms. The largest absolute Gasteiger partial charge is 0.488 e. The minimum absolute atomic E-state index is 0.204. The van der Waals surface area contributed by atoms with E-state index in [1.165, 1.54) is 6.92 Å². The SMILES string of the molecule is CC(OC(=O)c1ccccc1OCc1ccccc1Cl)C(N)=O. The van der Waals surface area contributed by atoms with Crippen molar-refractivity contribution in [1.29, 1.82) is 0 Å². The highest BCUT2D eigenvalue weighted by Gasteiger charge is 2.19. The van der Waals surface area contributed by atoms with Gasteiger partial charge in [0.15, 0.2) is 6.10 Å². The summed E-state index contributed by atoms with van der Waals surface area (Å²) in [6.45, 7) is 1.61. The molecular weight excluding hydrogens is 318 g/mol. The van der Waals surface area contributed by atoms with Crippen LogP contribution in [-0.2, 0) is 16.1 Å². The summed E-state index contributed by atoms with van der Waals surface area (Å²) in [4.78, 5) is 23.1. The minimum Gasteiger partial charge on any atom is -0.488 e. The fourth-order valence-electron chi connectivity index (χ4n) is 1.81. The Balaban J connectivity index is 2.13. The number of para-hydroxylation sites is 1. The average Bonchev–Trinajstić information content (AvgIpc) is 2.54. The second kappa shape index (κ2) is 7.65. The molecule has 1 amide bonds. The molecule has 0 heterocycles. The van der Waals surface area contributed by atoms with Gasteiger partial charge in [-0.3, -0.25) is 4.79 Å². The molecule has 2 aromatic rings. The van der Waals surface area contributed by atoms with Crippen molar-refractivity contribution < 1.29 is 19.1 Å². The zero-order valence-electron chi connectivity index (χ0n) is 12.5. The highest BCUT2D eigenvalue weighted by molar-refractivity contribution is 6.31. The zero-order valence-corrected chi connectivity index (χ0v) is 13.2. The van der Waals surface area contributed by atoms with Gasteiger partial charge in [-0.15, -0.1) is 0 Å². The van der Waals surface area contributed by atoms with Crippen LogP contribution in [0.15, 0.2) is 48.5 Å². The third-order valence-corrected chi connectivity index (χ3v) is 3.50. The molecule has 1 atom stereocenters. The number of amides is 1. The average molecular weight is 334 g/mol. The molecule has 0 radical (unpaired) electrons. The molecule has 23 heavy (non-hydrogen) atoms. The predicted octanol–water partition coefficient (Wildman–Crippen LogP) is 2.95. The highest BCUT2D eigenvalue weighted by atomic mass is 35.5. The van der Waals surface area contributed by atoms with Crippen LogP contribution in [0.5, 0.6) is 5.75 Å². The number of halogens is 1. The van der Waals surface area contributed by atoms with Crippen molar-refractivity contribution in [3.8, 4) is 5.75 Å². The summed E-state index contributed by atoms with van der Waals surface area (Å²) in [5.41, 5.74) is 6.10. The van der Waals surface area contributed by atoms with Gasteiger partial charge in [0.05, 0.1) is 0 Å². The highest BCUT2D eigenvalue weighted by Crippen LogP contribution is 2.23. The molecule has 2 N–H and O–H groups in total. The second-order valence-corrected chi connectivity index (χ2v) is 5.23. The number of nitrogens with two attached hydrogens (primary N) is 1. The van der Waals surface area contributed by atoms with Crippen LogP contribution >= 0.6 is 11.6 Å². The number of hydrogen-bond donors (Lipinski definition) is 1. The van der Waals surface area contributed by atoms with Gasteiger partial charge in [0.1, 0.15) is 17.9 Å². The van der Waals surface area contributed by atoms with Crippen molar-refractivity contribution in [2.45, 2.75) is 19.6 Å². The first kappa shape index (κ1) is 16.8. The topological polar surface area (TPSA) is 78.6 Å². The molecule has 0 bridgehead atoms. The Morgan fingerprint density at radius 3 is 2.48 bits per heavy atom. The Morgan fingerprint density at radius 2 is 1.78 bits per heavy atom. The Kier molecular flexibility index (Phi) is 5.60. The van der Waals surface area contributed by atoms with Gasteiger partial charge in [-0.2, -0.15) is 0 Å². The molecule has 120 valence electrons. The molecule has 1 unspecified atom stereocenters. The number of carbonyl (C=O) groups is 2. The number of esters is 1. The minimum atomic E-state index is -1.01. The first-order chi connectivity index (χ1) is 11.0. The predicted molar refractivity (Wildman–Crippen MR) is 86.3 cm³/mol. The van der Waals surface area contributed by atoms with Crippen LogP contribution in [0.3, 0.4) is 0 Å². The molecule has 2 aromatic carbocycles. The van der Waals surface area contributed by atoms with E-state index in [0.29, 0.717) is 10.8 Å². The molecule has 0 spiro atoms. The van der Waals surface area contributed by atoms with Gasteiger partial charge in [0, 0.05) is 10.6 Å². The van der Waals surface area contributed by atoms with E-state index < -0.39 is 18.0 Å². The van der Waals surface area contributed by atoms with Crippen molar-refractivity contribution in [3.05, 3.63) is 64.7 Å². The summed E-state index contributed by atoms with van der Waals surface area (Å²) < 4.78 is 10.7. The number of ether oxygens (including phenoxy) is 2. The first-order valence-corrected chi connectivity index (χ1v) is 7.32. The monoisotopic (exact) mass is 333 g/mol. The molecule has 0 aliphatic rings. The van der Waals surface area contributed by atoms with Crippen LogP contribution in [0.1, 0.15) is 22.8 Å². The molecule has 0 saturated heterocycles. The normalized spacial score (nSPS) is 11.6. The smallest absolute Gasteiger partial charge is 0.342 e. The second-order valence-electron chi connectivity index (χ2n) is 4.83. The number of carbonyl (C=O) groups excluding carboxylic acids is 2. The lowest BCUT2D eigenvalue weighted by atomic mass is 10.2. The van der Waals surface area contributed by atoms with Crippen LogP contribution in [0.25, 0.3) is 0 Å². The quantitative estimate of drug-likeness (QED) is 0.824. The molecule has 2 rings (SSSR count). The lowest BCUT2D eigenvalue weighted by Crippen LogP contribution is -2.30. The van der Waals surface area contributed by atoms with Crippen molar-refractivity contribution >= 4 is 23.5 Å². The molecule has 5 nitrogen and oxygen atoms in total. The summed E-state index contributed by atoms with van der Waals surface area (Å²) >= 11 is 6.07. The maximum atomic E-state index is 12.1. The van der Waals surface area contributed by atoms with Gasteiger partial charge in [-0.05, 0) is 25.1 Å². The van der Waals surface area contributed by atoms with Gasteiger partial charge in [0.2, 0.25) is 0 Å². The van der Waals surface area contributed by atoms with Crippen LogP contribution in [0.4, 0.5) is 0 Å². The Bertz CT molecular complexity index is 717. The van der Waals surface area contributed by atoms with Crippen molar-refractivity contribution in [2.75, 3.05) is 0 Å². The van der Waals surface area contributed by atoms with Gasteiger partial charge in [0.25, 0.3) is 5.91 Å². The van der Waals surface area contributed by atoms with Crippen LogP contribution < -0.4 is 10.5 Å². The van der Waals surface area contributed by atoms with E-state index in [4.69, 9.17) is 26.8 Å². The number of hydrogen-bond acceptors (Lipinski definition) is 4. The Morgan fingerprint density at radius 1 is 1.13 bits per heavy atom. The lowest BCUT2D eigenvalue weighted by molar-refractivity contribution is -0.125. The number of rotatable bonds is 6. The first-order valence-electron chi connectivity index (χ1n) is 6.94. The maximum Gasteiger partial charge on any atom is 0.342 e. The van der Waals surface area contributed by atoms with E-state index in [1.54, 1.807) is 30.3 Å². The van der Waals surface area contributed by atoms with Crippen molar-refractivity contribution in [1.82, 2.24) is 0 Å². The maximum absolute atomic E-state index is 12.1. The number of primary amides is 1. The fraction of sp³-hybridized carbons (Fsp3) is 0.176. The van der Waals surface area contributed by atoms with Gasteiger partial charge >= 0.3 is 5.97 Å². The van der Waals surface area contributed by atoms with E-state index in [9.17, 15) is 9.59 Å². The fourth-order valence-corrected chi connectivity index (χ4v) is 2.00. The van der Waals surface area contributed by atoms with Gasteiger partial charge in [-0.25, -0.2) is 4.79 Å². The van der Waals surface area contributed by atoms with Crippen LogP contribution in [0, 0.1) is 0 Å². The van der Waals surface area contributed by atoms with Crippen molar-refractivity contribution in [2.24, 2.45) is 5.73 Å². The molecule has 0 fully saturated rings. The molecule has 0 aromatic heterocycles. The molecule has 0 aliphatic heterocycles. The third-order valence-electron chi connectivity index (χ3n) is 3.13. The van der Waals surface area contributed by atoms with E-state index in [1.807, 2.05) is 18.2 Å². The number of benzene rings is 2. The summed E-state index contributed by atoms with van der Waals surface area (Å²) in [6, 6.07) is 13.9. The summed E-state index contributed by atoms with van der Waals surface area (Å²) in [5, 5.41) is 0.579. The molecule has 0 aliphatic carbocycles. The van der Waals surface area contributed by atoms with Crippen LogP contribution in [0.2, 0.25) is 5.02 Å².